The van der Waals surface area contributed by atoms with E-state index < -0.39 is 115 Å². The van der Waals surface area contributed by atoms with Gasteiger partial charge in [0.15, 0.2) is 11.7 Å². The molecular formula is C54H101N3O17. The second-order valence-electron chi connectivity index (χ2n) is 22.7. The van der Waals surface area contributed by atoms with Gasteiger partial charge in [0.25, 0.3) is 0 Å². The summed E-state index contributed by atoms with van der Waals surface area (Å²) in [5.74, 6) is -7.04. The molecular weight excluding hydrogens is 963 g/mol. The fourth-order valence-corrected chi connectivity index (χ4v) is 10.6. The van der Waals surface area contributed by atoms with Crippen LogP contribution in [-0.4, -0.2) is 166 Å². The third kappa shape index (κ3) is 26.1. The largest absolute Gasteiger partial charge is 0.481 e. The lowest BCUT2D eigenvalue weighted by Gasteiger charge is -2.45. The van der Waals surface area contributed by atoms with Gasteiger partial charge in [-0.25, -0.2) is 0 Å². The molecule has 20 nitrogen and oxygen atoms in total. The molecule has 0 aliphatic carbocycles. The number of guanidine groups is 1. The summed E-state index contributed by atoms with van der Waals surface area (Å²) in [5.41, 5.74) is 10.8. The van der Waals surface area contributed by atoms with E-state index in [1.165, 1.54) is 0 Å². The van der Waals surface area contributed by atoms with Crippen LogP contribution in [0.3, 0.4) is 0 Å². The minimum Gasteiger partial charge on any atom is -0.481 e. The van der Waals surface area contributed by atoms with Crippen LogP contribution in [0.15, 0.2) is 4.99 Å². The summed E-state index contributed by atoms with van der Waals surface area (Å²) in [7, 11) is 0. The van der Waals surface area contributed by atoms with Crippen molar-refractivity contribution < 1.29 is 84.8 Å². The zero-order valence-electron chi connectivity index (χ0n) is 45.5. The lowest BCUT2D eigenvalue weighted by atomic mass is 9.83. The van der Waals surface area contributed by atoms with Crippen molar-refractivity contribution in [1.82, 2.24) is 0 Å². The summed E-state index contributed by atoms with van der Waals surface area (Å²) >= 11 is 0. The van der Waals surface area contributed by atoms with E-state index in [0.29, 0.717) is 45.1 Å². The number of ether oxygens (including phenoxy) is 3. The van der Waals surface area contributed by atoms with E-state index >= 15 is 0 Å². The molecule has 19 unspecified atom stereocenters. The van der Waals surface area contributed by atoms with Crippen molar-refractivity contribution in [1.29, 1.82) is 0 Å². The molecule has 74 heavy (non-hydrogen) atoms. The van der Waals surface area contributed by atoms with Gasteiger partial charge in [0, 0.05) is 38.1 Å². The fourth-order valence-electron chi connectivity index (χ4n) is 10.6. The molecule has 0 saturated carbocycles. The number of unbranched alkanes of at least 4 members (excludes halogenated alkanes) is 5. The van der Waals surface area contributed by atoms with Crippen LogP contribution < -0.4 is 11.5 Å². The van der Waals surface area contributed by atoms with Crippen molar-refractivity contribution in [3.63, 3.8) is 0 Å². The molecule has 20 heteroatoms. The first-order valence-electron chi connectivity index (χ1n) is 27.9. The van der Waals surface area contributed by atoms with Gasteiger partial charge in [0.05, 0.1) is 60.9 Å². The number of hydrogen-bond donors (Lipinski definition) is 13. The number of aliphatic imine (C=N–C) groups is 1. The molecule has 15 N–H and O–H groups in total. The summed E-state index contributed by atoms with van der Waals surface area (Å²) in [4.78, 5) is 41.6. The van der Waals surface area contributed by atoms with Gasteiger partial charge in [-0.1, -0.05) is 92.9 Å². The summed E-state index contributed by atoms with van der Waals surface area (Å²) in [5, 5.41) is 120. The number of nitrogens with two attached hydrogens (primary N) is 2. The predicted molar refractivity (Wildman–Crippen MR) is 278 cm³/mol. The van der Waals surface area contributed by atoms with Gasteiger partial charge in [-0.3, -0.25) is 19.4 Å². The average Bonchev–Trinajstić information content (AvgIpc) is 3.30. The number of rotatable bonds is 13. The second kappa shape index (κ2) is 34.9. The van der Waals surface area contributed by atoms with Crippen molar-refractivity contribution in [2.24, 2.45) is 52.0 Å². The topological polar surface area (TPSA) is 366 Å². The molecule has 0 amide bonds. The number of carbonyl (C=O) groups excluding carboxylic acids is 2. The number of hydrogen-bond acceptors (Lipinski definition) is 17. The molecule has 0 aromatic rings. The Balaban J connectivity index is 2.28. The number of esters is 2. The highest BCUT2D eigenvalue weighted by atomic mass is 16.7. The SMILES string of the molecule is CC1CCCC(C)C(O)CC(O)C(C)C(O)CCC(C)C(O)CC2(O)OC(CC(OC(=O)CC(=O)O)CC(O)CC(O)CC(O)CCCCC(C)C(C(C)CCCCCCCCN=C(N)N)OC1=O)CC(O)C2O. The Morgan fingerprint density at radius 1 is 0.662 bits per heavy atom. The maximum Gasteiger partial charge on any atom is 0.317 e. The molecule has 2 bridgehead atoms. The van der Waals surface area contributed by atoms with Crippen LogP contribution in [0, 0.1) is 35.5 Å². The lowest BCUT2D eigenvalue weighted by Crippen LogP contribution is -2.60. The molecule has 19 atom stereocenters. The van der Waals surface area contributed by atoms with E-state index in [0.717, 1.165) is 51.4 Å². The van der Waals surface area contributed by atoms with Crippen molar-refractivity contribution in [2.75, 3.05) is 6.54 Å². The third-order valence-electron chi connectivity index (χ3n) is 15.8. The Bertz CT molecular complexity index is 1610. The molecule has 0 spiro atoms. The number of aliphatic carboxylic acids is 1. The van der Waals surface area contributed by atoms with Gasteiger partial charge in [-0.15, -0.1) is 0 Å². The van der Waals surface area contributed by atoms with Crippen LogP contribution in [0.1, 0.15) is 196 Å². The number of carboxylic acids is 1. The Hall–Kier alpha value is -2.76. The first-order chi connectivity index (χ1) is 34.7. The average molecular weight is 1060 g/mol. The minimum absolute atomic E-state index is 0.00795. The highest BCUT2D eigenvalue weighted by molar-refractivity contribution is 5.90. The number of aliphatic hydroxyl groups is 10. The van der Waals surface area contributed by atoms with Crippen molar-refractivity contribution in [3.05, 3.63) is 0 Å². The molecule has 434 valence electrons. The van der Waals surface area contributed by atoms with Crippen molar-refractivity contribution in [3.8, 4) is 0 Å². The smallest absolute Gasteiger partial charge is 0.317 e. The lowest BCUT2D eigenvalue weighted by molar-refractivity contribution is -0.333. The maximum atomic E-state index is 13.7. The zero-order valence-corrected chi connectivity index (χ0v) is 45.5. The quantitative estimate of drug-likeness (QED) is 0.0411. The number of fused-ring (bicyclic) bond motifs is 2. The molecule has 0 aromatic carbocycles. The number of aliphatic hydroxyl groups excluding tert-OH is 9. The molecule has 2 fully saturated rings. The molecule has 0 aromatic heterocycles. The van der Waals surface area contributed by atoms with Gasteiger partial charge in [0.1, 0.15) is 24.7 Å². The van der Waals surface area contributed by atoms with E-state index in [1.807, 2.05) is 13.8 Å². The van der Waals surface area contributed by atoms with Crippen LogP contribution >= 0.6 is 0 Å². The summed E-state index contributed by atoms with van der Waals surface area (Å²) in [6.07, 6.45) is -5.04. The molecule has 2 saturated heterocycles. The molecule has 2 aliphatic rings. The second-order valence-corrected chi connectivity index (χ2v) is 22.7. The van der Waals surface area contributed by atoms with E-state index in [2.05, 4.69) is 18.8 Å². The predicted octanol–water partition coefficient (Wildman–Crippen LogP) is 3.70. The van der Waals surface area contributed by atoms with Gasteiger partial charge in [-0.2, -0.15) is 0 Å². The van der Waals surface area contributed by atoms with Gasteiger partial charge in [-0.05, 0) is 94.3 Å². The van der Waals surface area contributed by atoms with Crippen molar-refractivity contribution in [2.45, 2.75) is 275 Å². The number of carbonyl (C=O) groups is 3. The van der Waals surface area contributed by atoms with Crippen LogP contribution in [0.25, 0.3) is 0 Å². The van der Waals surface area contributed by atoms with E-state index in [-0.39, 0.29) is 87.2 Å². The van der Waals surface area contributed by atoms with E-state index in [1.54, 1.807) is 13.8 Å². The highest BCUT2D eigenvalue weighted by Gasteiger charge is 2.50. The first-order valence-corrected chi connectivity index (χ1v) is 27.9. The first kappa shape index (κ1) is 67.3. The normalized spacial score (nSPS) is 37.6. The highest BCUT2D eigenvalue weighted by Crippen LogP contribution is 2.36. The monoisotopic (exact) mass is 1060 g/mol. The minimum atomic E-state index is -2.50. The zero-order chi connectivity index (χ0) is 55.7. The maximum absolute atomic E-state index is 13.7. The summed E-state index contributed by atoms with van der Waals surface area (Å²) in [6, 6.07) is 0. The Morgan fingerprint density at radius 2 is 1.26 bits per heavy atom. The number of nitrogens with zero attached hydrogens (tertiary/aromatic N) is 1. The fraction of sp³-hybridized carbons (Fsp3) is 0.926. The Kier molecular flexibility index (Phi) is 31.8. The van der Waals surface area contributed by atoms with Gasteiger partial charge in [0.2, 0.25) is 0 Å². The summed E-state index contributed by atoms with van der Waals surface area (Å²) < 4.78 is 17.6. The van der Waals surface area contributed by atoms with Crippen LogP contribution in [0.2, 0.25) is 0 Å². The van der Waals surface area contributed by atoms with Crippen LogP contribution in [0.5, 0.6) is 0 Å². The van der Waals surface area contributed by atoms with E-state index in [9.17, 15) is 70.6 Å². The molecule has 0 radical (unpaired) electrons. The number of cyclic esters (lactones) is 1. The molecule has 2 heterocycles. The van der Waals surface area contributed by atoms with E-state index in [4.69, 9.17) is 25.7 Å². The van der Waals surface area contributed by atoms with Crippen LogP contribution in [0.4, 0.5) is 0 Å². The van der Waals surface area contributed by atoms with Gasteiger partial charge < -0.3 is 81.8 Å². The third-order valence-corrected chi connectivity index (χ3v) is 15.8. The van der Waals surface area contributed by atoms with Gasteiger partial charge >= 0.3 is 17.9 Å². The standard InChI is InChI=1S/C54H101N3O17/c1-32-18-15-19-36(5)52(70)73-50(34(3)16-11-9-7-8-10-14-23-57-53(55)56)35(4)17-12-13-20-38(58)24-39(59)25-40(60)26-41(72-49(68)30-48(66)67)27-42-28-46(64)51(69)54(71,74-42)31-47(65)33(2)21-22-43(61)37(6)45(63)29-44(32)62/h32-47,50-51,58-65,69,71H,7-31H2,1-6H3,(H,66,67)(H4,55,56,57). The molecule has 2 rings (SSSR count). The molecule has 2 aliphatic heterocycles. The number of carboxylic acid groups (broad SMARTS) is 1. The van der Waals surface area contributed by atoms with Crippen LogP contribution in [-0.2, 0) is 28.6 Å². The Labute approximate surface area is 440 Å². The summed E-state index contributed by atoms with van der Waals surface area (Å²) in [6.45, 7) is 11.9. The Morgan fingerprint density at radius 3 is 1.92 bits per heavy atom. The van der Waals surface area contributed by atoms with Crippen molar-refractivity contribution >= 4 is 23.9 Å².